The molecule has 1 aromatic carbocycles. The van der Waals surface area contributed by atoms with E-state index in [-0.39, 0.29) is 0 Å². The molecule has 2 aromatic rings. The van der Waals surface area contributed by atoms with Gasteiger partial charge in [-0.25, -0.2) is 4.98 Å². The number of benzene rings is 1. The van der Waals surface area contributed by atoms with Crippen molar-refractivity contribution in [3.63, 3.8) is 0 Å². The quantitative estimate of drug-likeness (QED) is 0.850. The van der Waals surface area contributed by atoms with E-state index < -0.39 is 0 Å². The number of nitrogens with zero attached hydrogens (tertiary/aromatic N) is 1. The first-order chi connectivity index (χ1) is 8.19. The second-order valence-corrected chi connectivity index (χ2v) is 3.98. The largest absolute Gasteiger partial charge is 0.497 e. The van der Waals surface area contributed by atoms with Crippen molar-refractivity contribution in [1.82, 2.24) is 9.97 Å². The molecular formula is C13H17N3O. The van der Waals surface area contributed by atoms with E-state index >= 15 is 0 Å². The summed E-state index contributed by atoms with van der Waals surface area (Å²) >= 11 is 0. The number of nitrogens with one attached hydrogen (secondary N) is 2. The molecule has 1 heterocycles. The van der Waals surface area contributed by atoms with Crippen LogP contribution in [0.15, 0.2) is 24.3 Å². The summed E-state index contributed by atoms with van der Waals surface area (Å²) in [5, 5.41) is 3.30. The van der Waals surface area contributed by atoms with Gasteiger partial charge in [0.1, 0.15) is 11.6 Å². The minimum absolute atomic E-state index is 0.682. The van der Waals surface area contributed by atoms with Crippen LogP contribution in [-0.4, -0.2) is 17.1 Å². The van der Waals surface area contributed by atoms with Gasteiger partial charge in [-0.3, -0.25) is 0 Å². The predicted molar refractivity (Wildman–Crippen MR) is 68.4 cm³/mol. The van der Waals surface area contributed by atoms with Gasteiger partial charge in [0.2, 0.25) is 0 Å². The minimum atomic E-state index is 0.682. The molecule has 90 valence electrons. The lowest BCUT2D eigenvalue weighted by atomic mass is 10.3. The molecule has 4 heteroatoms. The molecule has 2 rings (SSSR count). The van der Waals surface area contributed by atoms with Crippen LogP contribution in [-0.2, 0) is 6.54 Å². The Bertz CT molecular complexity index is 486. The highest BCUT2D eigenvalue weighted by Gasteiger charge is 2.02. The second-order valence-electron chi connectivity index (χ2n) is 3.98. The number of H-pyrrole nitrogens is 1. The molecule has 0 saturated heterocycles. The normalized spacial score (nSPS) is 10.3. The fourth-order valence-electron chi connectivity index (χ4n) is 1.62. The number of hydrogen-bond acceptors (Lipinski definition) is 3. The van der Waals surface area contributed by atoms with Crippen molar-refractivity contribution in [2.24, 2.45) is 0 Å². The van der Waals surface area contributed by atoms with Crippen LogP contribution in [0.3, 0.4) is 0 Å². The Balaban J connectivity index is 2.01. The van der Waals surface area contributed by atoms with Gasteiger partial charge in [0.15, 0.2) is 0 Å². The molecule has 1 aromatic heterocycles. The Morgan fingerprint density at radius 3 is 2.82 bits per heavy atom. The number of aryl methyl sites for hydroxylation is 2. The minimum Gasteiger partial charge on any atom is -0.497 e. The molecule has 0 aliphatic heterocycles. The molecule has 0 bridgehead atoms. The molecule has 4 nitrogen and oxygen atoms in total. The second kappa shape index (κ2) is 4.91. The summed E-state index contributed by atoms with van der Waals surface area (Å²) < 4.78 is 5.17. The molecule has 17 heavy (non-hydrogen) atoms. The highest BCUT2D eigenvalue weighted by atomic mass is 16.5. The molecule has 0 fully saturated rings. The average Bonchev–Trinajstić information content (AvgIpc) is 2.67. The van der Waals surface area contributed by atoms with E-state index in [9.17, 15) is 0 Å². The lowest BCUT2D eigenvalue weighted by Gasteiger charge is -2.06. The third-order valence-corrected chi connectivity index (χ3v) is 2.71. The zero-order valence-electron chi connectivity index (χ0n) is 10.4. The topological polar surface area (TPSA) is 49.9 Å². The number of ether oxygens (including phenoxy) is 1. The van der Waals surface area contributed by atoms with E-state index in [0.717, 1.165) is 28.6 Å². The Hall–Kier alpha value is -1.97. The smallest absolute Gasteiger partial charge is 0.125 e. The number of imidazole rings is 1. The summed E-state index contributed by atoms with van der Waals surface area (Å²) in [4.78, 5) is 7.66. The van der Waals surface area contributed by atoms with Crippen molar-refractivity contribution >= 4 is 5.69 Å². The van der Waals surface area contributed by atoms with E-state index in [2.05, 4.69) is 15.3 Å². The number of anilines is 1. The zero-order chi connectivity index (χ0) is 12.3. The lowest BCUT2D eigenvalue weighted by Crippen LogP contribution is -2.01. The van der Waals surface area contributed by atoms with Crippen LogP contribution in [0.1, 0.15) is 17.2 Å². The SMILES string of the molecule is COc1cccc(NCc2nc(C)c(C)[nH]2)c1. The van der Waals surface area contributed by atoms with Crippen molar-refractivity contribution < 1.29 is 4.74 Å². The first-order valence-corrected chi connectivity index (χ1v) is 5.59. The zero-order valence-corrected chi connectivity index (χ0v) is 10.4. The monoisotopic (exact) mass is 231 g/mol. The average molecular weight is 231 g/mol. The van der Waals surface area contributed by atoms with Gasteiger partial charge >= 0.3 is 0 Å². The van der Waals surface area contributed by atoms with E-state index in [0.29, 0.717) is 6.54 Å². The lowest BCUT2D eigenvalue weighted by molar-refractivity contribution is 0.415. The number of rotatable bonds is 4. The maximum atomic E-state index is 5.17. The van der Waals surface area contributed by atoms with Gasteiger partial charge in [0.25, 0.3) is 0 Å². The van der Waals surface area contributed by atoms with Crippen LogP contribution in [0, 0.1) is 13.8 Å². The number of aromatic nitrogens is 2. The number of methoxy groups -OCH3 is 1. The Morgan fingerprint density at radius 1 is 1.35 bits per heavy atom. The first-order valence-electron chi connectivity index (χ1n) is 5.59. The van der Waals surface area contributed by atoms with Crippen molar-refractivity contribution in [1.29, 1.82) is 0 Å². The molecule has 0 atom stereocenters. The van der Waals surface area contributed by atoms with Gasteiger partial charge in [-0.1, -0.05) is 6.07 Å². The van der Waals surface area contributed by atoms with Crippen molar-refractivity contribution in [2.75, 3.05) is 12.4 Å². The highest BCUT2D eigenvalue weighted by molar-refractivity contribution is 5.48. The van der Waals surface area contributed by atoms with E-state index in [4.69, 9.17) is 4.74 Å². The van der Waals surface area contributed by atoms with E-state index in [1.807, 2.05) is 38.1 Å². The molecule has 0 spiro atoms. The number of aromatic amines is 1. The van der Waals surface area contributed by atoms with Crippen LogP contribution in [0.25, 0.3) is 0 Å². The number of hydrogen-bond donors (Lipinski definition) is 2. The molecule has 0 amide bonds. The van der Waals surface area contributed by atoms with Gasteiger partial charge in [-0.15, -0.1) is 0 Å². The third-order valence-electron chi connectivity index (χ3n) is 2.71. The van der Waals surface area contributed by atoms with E-state index in [1.165, 1.54) is 0 Å². The fourth-order valence-corrected chi connectivity index (χ4v) is 1.62. The van der Waals surface area contributed by atoms with Gasteiger partial charge in [0.05, 0.1) is 19.3 Å². The molecule has 0 aliphatic carbocycles. The summed E-state index contributed by atoms with van der Waals surface area (Å²) in [6.45, 7) is 4.71. The maximum Gasteiger partial charge on any atom is 0.125 e. The molecule has 0 radical (unpaired) electrons. The van der Waals surface area contributed by atoms with Gasteiger partial charge < -0.3 is 15.0 Å². The standard InChI is InChI=1S/C13H17N3O/c1-9-10(2)16-13(15-9)8-14-11-5-4-6-12(7-11)17-3/h4-7,14H,8H2,1-3H3,(H,15,16). The van der Waals surface area contributed by atoms with Crippen LogP contribution in [0.2, 0.25) is 0 Å². The Kier molecular flexibility index (Phi) is 3.32. The van der Waals surface area contributed by atoms with Gasteiger partial charge in [-0.05, 0) is 26.0 Å². The third kappa shape index (κ3) is 2.78. The Morgan fingerprint density at radius 2 is 2.18 bits per heavy atom. The molecule has 0 saturated carbocycles. The summed E-state index contributed by atoms with van der Waals surface area (Å²) in [6, 6.07) is 7.85. The molecule has 0 aliphatic rings. The van der Waals surface area contributed by atoms with Crippen molar-refractivity contribution in [3.05, 3.63) is 41.5 Å². The van der Waals surface area contributed by atoms with Crippen LogP contribution < -0.4 is 10.1 Å². The highest BCUT2D eigenvalue weighted by Crippen LogP contribution is 2.17. The van der Waals surface area contributed by atoms with Crippen molar-refractivity contribution in [2.45, 2.75) is 20.4 Å². The molecule has 2 N–H and O–H groups in total. The summed E-state index contributed by atoms with van der Waals surface area (Å²) in [7, 11) is 1.67. The molecular weight excluding hydrogens is 214 g/mol. The van der Waals surface area contributed by atoms with Gasteiger partial charge in [0, 0.05) is 17.4 Å². The van der Waals surface area contributed by atoms with Gasteiger partial charge in [-0.2, -0.15) is 0 Å². The summed E-state index contributed by atoms with van der Waals surface area (Å²) in [6.07, 6.45) is 0. The fraction of sp³-hybridized carbons (Fsp3) is 0.308. The molecule has 0 unspecified atom stereocenters. The Labute approximate surface area is 101 Å². The first kappa shape index (κ1) is 11.5. The maximum absolute atomic E-state index is 5.17. The summed E-state index contributed by atoms with van der Waals surface area (Å²) in [5.74, 6) is 1.80. The van der Waals surface area contributed by atoms with Crippen molar-refractivity contribution in [3.8, 4) is 5.75 Å². The van der Waals surface area contributed by atoms with E-state index in [1.54, 1.807) is 7.11 Å². The van der Waals surface area contributed by atoms with Crippen LogP contribution >= 0.6 is 0 Å². The summed E-state index contributed by atoms with van der Waals surface area (Å²) in [5.41, 5.74) is 3.19. The van der Waals surface area contributed by atoms with Crippen LogP contribution in [0.4, 0.5) is 5.69 Å². The van der Waals surface area contributed by atoms with Crippen LogP contribution in [0.5, 0.6) is 5.75 Å². The predicted octanol–water partition coefficient (Wildman–Crippen LogP) is 2.65.